The maximum atomic E-state index is 11.4. The van der Waals surface area contributed by atoms with Crippen molar-refractivity contribution < 1.29 is 4.79 Å². The van der Waals surface area contributed by atoms with Crippen LogP contribution in [0, 0.1) is 5.92 Å². The van der Waals surface area contributed by atoms with Crippen molar-refractivity contribution in [1.29, 1.82) is 0 Å². The molecule has 1 aliphatic carbocycles. The second kappa shape index (κ2) is 9.67. The second-order valence-electron chi connectivity index (χ2n) is 5.67. The lowest BCUT2D eigenvalue weighted by Gasteiger charge is -2.07. The van der Waals surface area contributed by atoms with Crippen LogP contribution < -0.4 is 0 Å². The Hall–Kier alpha value is -0.330. The molecule has 0 amide bonds. The molecule has 1 rings (SSSR count). The predicted octanol–water partition coefficient (Wildman–Crippen LogP) is 5.28. The molecule has 0 N–H and O–H groups in total. The van der Waals surface area contributed by atoms with Gasteiger partial charge >= 0.3 is 0 Å². The molecule has 0 radical (unpaired) electrons. The maximum absolute atomic E-state index is 11.4. The van der Waals surface area contributed by atoms with Gasteiger partial charge in [0, 0.05) is 12.3 Å². The summed E-state index contributed by atoms with van der Waals surface area (Å²) in [6, 6.07) is 0. The largest absolute Gasteiger partial charge is 0.299 e. The molecule has 1 aliphatic rings. The fourth-order valence-corrected chi connectivity index (χ4v) is 2.89. The molecule has 1 nitrogen and oxygen atoms in total. The Morgan fingerprint density at radius 3 is 2.06 bits per heavy atom. The Bertz CT molecular complexity index is 198. The van der Waals surface area contributed by atoms with Crippen molar-refractivity contribution in [3.63, 3.8) is 0 Å². The molecule has 1 saturated carbocycles. The second-order valence-corrected chi connectivity index (χ2v) is 5.67. The maximum Gasteiger partial charge on any atom is 0.135 e. The number of unbranched alkanes of at least 4 members (excludes halogenated alkanes) is 8. The highest BCUT2D eigenvalue weighted by Gasteiger charge is 2.23. The number of Topliss-reactive ketones (excluding diaryl/α,β-unsaturated/α-hetero) is 1. The number of rotatable bonds is 10. The van der Waals surface area contributed by atoms with Gasteiger partial charge in [0.15, 0.2) is 0 Å². The summed E-state index contributed by atoms with van der Waals surface area (Å²) >= 11 is 0. The molecule has 100 valence electrons. The lowest BCUT2D eigenvalue weighted by atomic mass is 9.98. The molecular formula is C16H30O. The van der Waals surface area contributed by atoms with Gasteiger partial charge < -0.3 is 0 Å². The molecule has 0 aliphatic heterocycles. The van der Waals surface area contributed by atoms with E-state index in [1.54, 1.807) is 0 Å². The van der Waals surface area contributed by atoms with Crippen LogP contribution in [0.25, 0.3) is 0 Å². The van der Waals surface area contributed by atoms with Gasteiger partial charge in [0.25, 0.3) is 0 Å². The Morgan fingerprint density at radius 2 is 1.53 bits per heavy atom. The van der Waals surface area contributed by atoms with Crippen LogP contribution in [-0.2, 0) is 4.79 Å². The Morgan fingerprint density at radius 1 is 0.941 bits per heavy atom. The molecule has 1 heteroatoms. The SMILES string of the molecule is CCCCCCCCCCCC1CCCC1=O. The topological polar surface area (TPSA) is 17.1 Å². The van der Waals surface area contributed by atoms with E-state index in [1.807, 2.05) is 0 Å². The highest BCUT2D eigenvalue weighted by Crippen LogP contribution is 2.26. The van der Waals surface area contributed by atoms with Gasteiger partial charge in [-0.15, -0.1) is 0 Å². The predicted molar refractivity (Wildman–Crippen MR) is 74.2 cm³/mol. The van der Waals surface area contributed by atoms with E-state index in [0.717, 1.165) is 12.8 Å². The summed E-state index contributed by atoms with van der Waals surface area (Å²) < 4.78 is 0. The highest BCUT2D eigenvalue weighted by atomic mass is 16.1. The Kier molecular flexibility index (Phi) is 8.38. The van der Waals surface area contributed by atoms with E-state index >= 15 is 0 Å². The zero-order valence-electron chi connectivity index (χ0n) is 11.7. The molecule has 0 bridgehead atoms. The number of carbonyl (C=O) groups excluding carboxylic acids is 1. The fourth-order valence-electron chi connectivity index (χ4n) is 2.89. The van der Waals surface area contributed by atoms with Gasteiger partial charge in [-0.25, -0.2) is 0 Å². The van der Waals surface area contributed by atoms with Crippen LogP contribution in [0.1, 0.15) is 90.4 Å². The van der Waals surface area contributed by atoms with E-state index in [2.05, 4.69) is 6.92 Å². The van der Waals surface area contributed by atoms with Gasteiger partial charge in [0.05, 0.1) is 0 Å². The van der Waals surface area contributed by atoms with Gasteiger partial charge in [0.2, 0.25) is 0 Å². The van der Waals surface area contributed by atoms with Crippen molar-refractivity contribution in [1.82, 2.24) is 0 Å². The monoisotopic (exact) mass is 238 g/mol. The first kappa shape index (κ1) is 14.7. The molecule has 0 aromatic carbocycles. The minimum absolute atomic E-state index is 0.444. The number of hydrogen-bond donors (Lipinski definition) is 0. The zero-order valence-corrected chi connectivity index (χ0v) is 11.7. The van der Waals surface area contributed by atoms with E-state index in [0.29, 0.717) is 11.7 Å². The average Bonchev–Trinajstić information content (AvgIpc) is 2.73. The third-order valence-electron chi connectivity index (χ3n) is 4.09. The first-order valence-electron chi connectivity index (χ1n) is 7.87. The van der Waals surface area contributed by atoms with E-state index < -0.39 is 0 Å². The van der Waals surface area contributed by atoms with Crippen molar-refractivity contribution in [2.75, 3.05) is 0 Å². The molecule has 0 spiro atoms. The van der Waals surface area contributed by atoms with Crippen LogP contribution in [-0.4, -0.2) is 5.78 Å². The molecule has 0 aromatic rings. The molecule has 1 unspecified atom stereocenters. The summed E-state index contributed by atoms with van der Waals surface area (Å²) in [4.78, 5) is 11.4. The molecule has 0 saturated heterocycles. The third kappa shape index (κ3) is 6.85. The standard InChI is InChI=1S/C16H30O/c1-2-3-4-5-6-7-8-9-10-12-15-13-11-14-16(15)17/h15H,2-14H2,1H3. The summed E-state index contributed by atoms with van der Waals surface area (Å²) in [5.41, 5.74) is 0. The smallest absolute Gasteiger partial charge is 0.135 e. The minimum Gasteiger partial charge on any atom is -0.299 e. The van der Waals surface area contributed by atoms with Crippen molar-refractivity contribution in [3.05, 3.63) is 0 Å². The molecule has 0 aromatic heterocycles. The fraction of sp³-hybridized carbons (Fsp3) is 0.938. The molecule has 1 fully saturated rings. The van der Waals surface area contributed by atoms with Crippen molar-refractivity contribution >= 4 is 5.78 Å². The van der Waals surface area contributed by atoms with Crippen LogP contribution in [0.15, 0.2) is 0 Å². The van der Waals surface area contributed by atoms with Crippen LogP contribution >= 0.6 is 0 Å². The van der Waals surface area contributed by atoms with E-state index in [9.17, 15) is 4.79 Å². The van der Waals surface area contributed by atoms with E-state index in [-0.39, 0.29) is 0 Å². The van der Waals surface area contributed by atoms with E-state index in [4.69, 9.17) is 0 Å². The number of ketones is 1. The average molecular weight is 238 g/mol. The number of carbonyl (C=O) groups is 1. The van der Waals surface area contributed by atoms with Crippen LogP contribution in [0.2, 0.25) is 0 Å². The molecule has 1 atom stereocenters. The molecule has 17 heavy (non-hydrogen) atoms. The zero-order chi connectivity index (χ0) is 12.3. The Labute approximate surface area is 107 Å². The molecule has 0 heterocycles. The van der Waals surface area contributed by atoms with Crippen LogP contribution in [0.3, 0.4) is 0 Å². The number of hydrogen-bond acceptors (Lipinski definition) is 1. The molecular weight excluding hydrogens is 208 g/mol. The van der Waals surface area contributed by atoms with Crippen LogP contribution in [0.4, 0.5) is 0 Å². The van der Waals surface area contributed by atoms with Gasteiger partial charge in [-0.2, -0.15) is 0 Å². The summed E-state index contributed by atoms with van der Waals surface area (Å²) in [5.74, 6) is 0.990. The van der Waals surface area contributed by atoms with Gasteiger partial charge in [0.1, 0.15) is 5.78 Å². The third-order valence-corrected chi connectivity index (χ3v) is 4.09. The summed E-state index contributed by atoms with van der Waals surface area (Å²) in [5, 5.41) is 0. The Balaban J connectivity index is 1.80. The van der Waals surface area contributed by atoms with Gasteiger partial charge in [-0.1, -0.05) is 64.7 Å². The first-order chi connectivity index (χ1) is 8.34. The first-order valence-corrected chi connectivity index (χ1v) is 7.87. The van der Waals surface area contributed by atoms with Gasteiger partial charge in [-0.3, -0.25) is 4.79 Å². The normalized spacial score (nSPS) is 20.1. The highest BCUT2D eigenvalue weighted by molar-refractivity contribution is 5.82. The lowest BCUT2D eigenvalue weighted by molar-refractivity contribution is -0.120. The lowest BCUT2D eigenvalue weighted by Crippen LogP contribution is -2.05. The summed E-state index contributed by atoms with van der Waals surface area (Å²) in [6.07, 6.45) is 16.8. The van der Waals surface area contributed by atoms with Gasteiger partial charge in [-0.05, 0) is 19.3 Å². The van der Waals surface area contributed by atoms with Crippen molar-refractivity contribution in [2.45, 2.75) is 90.4 Å². The van der Waals surface area contributed by atoms with Crippen LogP contribution in [0.5, 0.6) is 0 Å². The quantitative estimate of drug-likeness (QED) is 0.473. The summed E-state index contributed by atoms with van der Waals surface area (Å²) in [7, 11) is 0. The minimum atomic E-state index is 0.444. The van der Waals surface area contributed by atoms with Crippen molar-refractivity contribution in [3.8, 4) is 0 Å². The van der Waals surface area contributed by atoms with Crippen molar-refractivity contribution in [2.24, 2.45) is 5.92 Å². The van der Waals surface area contributed by atoms with E-state index in [1.165, 1.54) is 70.6 Å². The summed E-state index contributed by atoms with van der Waals surface area (Å²) in [6.45, 7) is 2.27.